The van der Waals surface area contributed by atoms with E-state index in [1.807, 2.05) is 0 Å². The molecule has 0 N–H and O–H groups in total. The Balaban J connectivity index is 2.27. The van der Waals surface area contributed by atoms with Gasteiger partial charge >= 0.3 is 0 Å². The van der Waals surface area contributed by atoms with Gasteiger partial charge in [-0.3, -0.25) is 14.9 Å². The highest BCUT2D eigenvalue weighted by Gasteiger charge is 2.34. The van der Waals surface area contributed by atoms with Crippen LogP contribution in [0, 0.1) is 10.1 Å². The highest BCUT2D eigenvalue weighted by atomic mass is 35.5. The van der Waals surface area contributed by atoms with Crippen LogP contribution in [0.2, 0.25) is 0 Å². The molecule has 0 radical (unpaired) electrons. The average Bonchev–Trinajstić information content (AvgIpc) is 2.86. The zero-order chi connectivity index (χ0) is 14.0. The quantitative estimate of drug-likeness (QED) is 0.488. The van der Waals surface area contributed by atoms with Crippen molar-refractivity contribution >= 4 is 34.8 Å². The molecule has 0 saturated carbocycles. The first-order valence-electron chi connectivity index (χ1n) is 5.45. The second-order valence-corrected chi connectivity index (χ2v) is 5.00. The first kappa shape index (κ1) is 14.0. The Morgan fingerprint density at radius 2 is 2.26 bits per heavy atom. The molecule has 1 amide bonds. The number of ether oxygens (including phenoxy) is 1. The normalized spacial score (nSPS) is 18.9. The van der Waals surface area contributed by atoms with Crippen molar-refractivity contribution in [1.82, 2.24) is 4.90 Å². The minimum Gasteiger partial charge on any atom is -0.352 e. The maximum atomic E-state index is 11.8. The third-order valence-corrected chi connectivity index (χ3v) is 3.10. The van der Waals surface area contributed by atoms with E-state index >= 15 is 0 Å². The fourth-order valence-electron chi connectivity index (χ4n) is 1.89. The van der Waals surface area contributed by atoms with Crippen LogP contribution in [0.25, 0.3) is 0 Å². The molecule has 1 saturated heterocycles. The van der Waals surface area contributed by atoms with Crippen molar-refractivity contribution in [1.29, 1.82) is 0 Å². The van der Waals surface area contributed by atoms with Gasteiger partial charge in [0.25, 0.3) is 11.6 Å². The lowest BCUT2D eigenvalue weighted by Crippen LogP contribution is -2.34. The molecule has 0 aromatic heterocycles. The Bertz CT molecular complexity index is 509. The van der Waals surface area contributed by atoms with Gasteiger partial charge in [-0.15, -0.1) is 0 Å². The predicted octanol–water partition coefficient (Wildman–Crippen LogP) is 2.26. The maximum absolute atomic E-state index is 11.8. The Hall–Kier alpha value is -1.37. The molecule has 1 fully saturated rings. The fraction of sp³-hybridized carbons (Fsp3) is 0.364. The largest absolute Gasteiger partial charge is 0.352 e. The number of alkyl halides is 2. The summed E-state index contributed by atoms with van der Waals surface area (Å²) in [6, 6.07) is 5.93. The van der Waals surface area contributed by atoms with E-state index in [2.05, 4.69) is 0 Å². The molecule has 1 unspecified atom stereocenters. The summed E-state index contributed by atoms with van der Waals surface area (Å²) >= 11 is 11.1. The van der Waals surface area contributed by atoms with Crippen molar-refractivity contribution in [2.75, 3.05) is 13.2 Å². The van der Waals surface area contributed by atoms with Crippen LogP contribution < -0.4 is 0 Å². The van der Waals surface area contributed by atoms with Crippen molar-refractivity contribution in [2.24, 2.45) is 0 Å². The highest BCUT2D eigenvalue weighted by molar-refractivity contribution is 6.53. The van der Waals surface area contributed by atoms with E-state index in [4.69, 9.17) is 27.9 Å². The molecule has 1 aromatic carbocycles. The number of nitro groups is 1. The molecule has 0 bridgehead atoms. The molecule has 1 aromatic rings. The number of non-ortho nitro benzene ring substituents is 1. The van der Waals surface area contributed by atoms with Crippen LogP contribution in [0.5, 0.6) is 0 Å². The first-order valence-corrected chi connectivity index (χ1v) is 6.32. The number of hydrogen-bond acceptors (Lipinski definition) is 4. The molecular formula is C11H10Cl2N2O4. The number of hydrogen-bond donors (Lipinski definition) is 0. The second-order valence-electron chi connectivity index (χ2n) is 3.91. The van der Waals surface area contributed by atoms with Gasteiger partial charge in [0.05, 0.1) is 11.5 Å². The highest BCUT2D eigenvalue weighted by Crippen LogP contribution is 2.30. The number of nitro benzene ring substituents is 1. The van der Waals surface area contributed by atoms with Gasteiger partial charge in [-0.05, 0) is 0 Å². The van der Waals surface area contributed by atoms with Crippen LogP contribution in [0.1, 0.15) is 11.8 Å². The van der Waals surface area contributed by atoms with Crippen molar-refractivity contribution in [2.45, 2.75) is 11.1 Å². The molecule has 1 aliphatic heterocycles. The summed E-state index contributed by atoms with van der Waals surface area (Å²) in [5.74, 6) is -0.475. The van der Waals surface area contributed by atoms with Gasteiger partial charge in [0.1, 0.15) is 0 Å². The molecule has 8 heteroatoms. The summed E-state index contributed by atoms with van der Waals surface area (Å²) in [5.41, 5.74) is 0.461. The number of carbonyl (C=O) groups is 1. The van der Waals surface area contributed by atoms with Gasteiger partial charge in [-0.2, -0.15) is 0 Å². The van der Waals surface area contributed by atoms with Crippen LogP contribution in [0.3, 0.4) is 0 Å². The smallest absolute Gasteiger partial charge is 0.269 e. The number of rotatable bonds is 3. The van der Waals surface area contributed by atoms with Crippen LogP contribution in [-0.2, 0) is 9.53 Å². The molecule has 102 valence electrons. The molecule has 0 spiro atoms. The van der Waals surface area contributed by atoms with Crippen LogP contribution >= 0.6 is 23.2 Å². The number of halogens is 2. The molecule has 1 atom stereocenters. The van der Waals surface area contributed by atoms with Crippen molar-refractivity contribution in [3.63, 3.8) is 0 Å². The Morgan fingerprint density at radius 1 is 1.53 bits per heavy atom. The fourth-order valence-corrected chi connectivity index (χ4v) is 2.14. The summed E-state index contributed by atoms with van der Waals surface area (Å²) in [4.78, 5) is 22.2. The van der Waals surface area contributed by atoms with Crippen molar-refractivity contribution < 1.29 is 14.5 Å². The minimum absolute atomic E-state index is 0.0614. The summed E-state index contributed by atoms with van der Waals surface area (Å²) < 4.78 is 5.42. The molecule has 19 heavy (non-hydrogen) atoms. The molecule has 1 heterocycles. The maximum Gasteiger partial charge on any atom is 0.269 e. The van der Waals surface area contributed by atoms with Crippen LogP contribution in [0.15, 0.2) is 24.3 Å². The van der Waals surface area contributed by atoms with Crippen LogP contribution in [0.4, 0.5) is 5.69 Å². The van der Waals surface area contributed by atoms with E-state index in [1.165, 1.54) is 23.1 Å². The van der Waals surface area contributed by atoms with E-state index in [0.717, 1.165) is 0 Å². The molecule has 6 nitrogen and oxygen atoms in total. The summed E-state index contributed by atoms with van der Waals surface area (Å²) in [7, 11) is 0. The summed E-state index contributed by atoms with van der Waals surface area (Å²) in [6.07, 6.45) is -0.688. The van der Waals surface area contributed by atoms with Gasteiger partial charge in [-0.25, -0.2) is 0 Å². The monoisotopic (exact) mass is 304 g/mol. The molecular weight excluding hydrogens is 295 g/mol. The van der Waals surface area contributed by atoms with Gasteiger partial charge in [0.15, 0.2) is 11.1 Å². The Labute approximate surface area is 119 Å². The Morgan fingerprint density at radius 3 is 2.89 bits per heavy atom. The lowest BCUT2D eigenvalue weighted by molar-refractivity contribution is -0.385. The lowest BCUT2D eigenvalue weighted by Gasteiger charge is -2.23. The molecule has 2 rings (SSSR count). The van der Waals surface area contributed by atoms with Crippen molar-refractivity contribution in [3.05, 3.63) is 39.9 Å². The summed E-state index contributed by atoms with van der Waals surface area (Å²) in [6.45, 7) is 0.682. The standard InChI is InChI=1S/C11H10Cl2N2O4/c12-9(13)10(16)14-4-5-19-11(14)7-2-1-3-8(6-7)15(17)18/h1-3,6,9,11H,4-5H2. The average molecular weight is 305 g/mol. The van der Waals surface area contributed by atoms with Gasteiger partial charge in [-0.1, -0.05) is 35.3 Å². The second kappa shape index (κ2) is 5.73. The van der Waals surface area contributed by atoms with E-state index in [-0.39, 0.29) is 5.69 Å². The third-order valence-electron chi connectivity index (χ3n) is 2.73. The first-order chi connectivity index (χ1) is 9.00. The summed E-state index contributed by atoms with van der Waals surface area (Å²) in [5, 5.41) is 10.7. The predicted molar refractivity (Wildman–Crippen MR) is 69.0 cm³/mol. The van der Waals surface area contributed by atoms with Gasteiger partial charge in [0, 0.05) is 24.2 Å². The zero-order valence-corrected chi connectivity index (χ0v) is 11.2. The number of nitrogens with zero attached hydrogens (tertiary/aromatic N) is 2. The number of benzene rings is 1. The topological polar surface area (TPSA) is 72.7 Å². The van der Waals surface area contributed by atoms with E-state index in [0.29, 0.717) is 18.7 Å². The SMILES string of the molecule is O=C(C(Cl)Cl)N1CCOC1c1cccc([N+](=O)[O-])c1. The molecule has 0 aliphatic carbocycles. The number of carbonyl (C=O) groups excluding carboxylic acids is 1. The third kappa shape index (κ3) is 2.97. The molecule has 1 aliphatic rings. The van der Waals surface area contributed by atoms with Crippen LogP contribution in [-0.4, -0.2) is 33.7 Å². The van der Waals surface area contributed by atoms with E-state index in [9.17, 15) is 14.9 Å². The Kier molecular flexibility index (Phi) is 4.24. The minimum atomic E-state index is -1.18. The van der Waals surface area contributed by atoms with E-state index in [1.54, 1.807) is 6.07 Å². The lowest BCUT2D eigenvalue weighted by atomic mass is 10.1. The zero-order valence-electron chi connectivity index (χ0n) is 9.66. The van der Waals surface area contributed by atoms with Crippen molar-refractivity contribution in [3.8, 4) is 0 Å². The van der Waals surface area contributed by atoms with Gasteiger partial charge < -0.3 is 9.64 Å². The van der Waals surface area contributed by atoms with Gasteiger partial charge in [0.2, 0.25) is 0 Å². The van der Waals surface area contributed by atoms with E-state index < -0.39 is 21.9 Å². The number of amides is 1.